The van der Waals surface area contributed by atoms with E-state index in [0.717, 1.165) is 32.3 Å². The SMILES string of the molecule is Cc1ccc(C)c(CN2C(=O)C(=O)/C(=C(\O)c3ccc(Br)cc3)C2c2ccc(C(C)(C)C)cc2)c1. The number of carbonyl (C=O) groups is 2. The summed E-state index contributed by atoms with van der Waals surface area (Å²) in [5.74, 6) is -1.43. The van der Waals surface area contributed by atoms with Gasteiger partial charge in [0.25, 0.3) is 11.7 Å². The van der Waals surface area contributed by atoms with E-state index in [-0.39, 0.29) is 23.3 Å². The third-order valence-corrected chi connectivity index (χ3v) is 7.12. The van der Waals surface area contributed by atoms with E-state index in [1.54, 1.807) is 29.2 Å². The van der Waals surface area contributed by atoms with Gasteiger partial charge in [-0.1, -0.05) is 96.9 Å². The first-order valence-corrected chi connectivity index (χ1v) is 12.5. The first-order valence-electron chi connectivity index (χ1n) is 11.7. The first kappa shape index (κ1) is 24.9. The molecule has 0 spiro atoms. The predicted octanol–water partition coefficient (Wildman–Crippen LogP) is 6.99. The fourth-order valence-electron chi connectivity index (χ4n) is 4.47. The summed E-state index contributed by atoms with van der Waals surface area (Å²) in [5.41, 5.74) is 5.64. The summed E-state index contributed by atoms with van der Waals surface area (Å²) in [6.07, 6.45) is 0. The second-order valence-corrected chi connectivity index (χ2v) is 11.2. The monoisotopic (exact) mass is 531 g/mol. The van der Waals surface area contributed by atoms with Gasteiger partial charge in [0, 0.05) is 16.6 Å². The van der Waals surface area contributed by atoms with Gasteiger partial charge in [-0.2, -0.15) is 0 Å². The van der Waals surface area contributed by atoms with Crippen LogP contribution in [0.15, 0.2) is 76.8 Å². The summed E-state index contributed by atoms with van der Waals surface area (Å²) in [7, 11) is 0. The minimum atomic E-state index is -0.687. The lowest BCUT2D eigenvalue weighted by atomic mass is 9.85. The number of carbonyl (C=O) groups excluding carboxylic acids is 2. The van der Waals surface area contributed by atoms with Gasteiger partial charge in [0.15, 0.2) is 0 Å². The highest BCUT2D eigenvalue weighted by Gasteiger charge is 2.46. The van der Waals surface area contributed by atoms with Gasteiger partial charge in [-0.25, -0.2) is 0 Å². The van der Waals surface area contributed by atoms with Crippen molar-refractivity contribution in [1.82, 2.24) is 4.90 Å². The molecule has 3 aromatic carbocycles. The summed E-state index contributed by atoms with van der Waals surface area (Å²) in [6, 6.07) is 20.5. The number of hydrogen-bond acceptors (Lipinski definition) is 3. The maximum atomic E-state index is 13.3. The minimum absolute atomic E-state index is 0.0313. The van der Waals surface area contributed by atoms with E-state index in [0.29, 0.717) is 5.56 Å². The molecule has 3 aromatic rings. The molecule has 5 heteroatoms. The molecule has 1 fully saturated rings. The second-order valence-electron chi connectivity index (χ2n) is 10.2. The number of nitrogens with zero attached hydrogens (tertiary/aromatic N) is 1. The van der Waals surface area contributed by atoms with E-state index in [1.807, 2.05) is 56.3 Å². The molecular formula is C30H30BrNO3. The van der Waals surface area contributed by atoms with Crippen LogP contribution in [0, 0.1) is 13.8 Å². The standard InChI is InChI=1S/C30H30BrNO3/c1-18-6-7-19(2)22(16-18)17-32-26(20-8-12-23(13-9-20)30(3,4)5)25(28(34)29(32)35)27(33)21-10-14-24(31)15-11-21/h6-16,26,33H,17H2,1-5H3/b27-25-. The van der Waals surface area contributed by atoms with Gasteiger partial charge in [-0.3, -0.25) is 9.59 Å². The van der Waals surface area contributed by atoms with E-state index in [2.05, 4.69) is 36.7 Å². The molecule has 4 rings (SSSR count). The van der Waals surface area contributed by atoms with Gasteiger partial charge in [0.05, 0.1) is 11.6 Å². The number of halogens is 1. The average Bonchev–Trinajstić information content (AvgIpc) is 3.06. The molecule has 180 valence electrons. The predicted molar refractivity (Wildman–Crippen MR) is 143 cm³/mol. The molecule has 0 saturated carbocycles. The Morgan fingerprint density at radius 2 is 1.57 bits per heavy atom. The van der Waals surface area contributed by atoms with Crippen LogP contribution in [-0.2, 0) is 21.5 Å². The Hall–Kier alpha value is -3.18. The van der Waals surface area contributed by atoms with Crippen molar-refractivity contribution in [2.45, 2.75) is 52.6 Å². The van der Waals surface area contributed by atoms with Crippen molar-refractivity contribution in [1.29, 1.82) is 0 Å². The lowest BCUT2D eigenvalue weighted by Crippen LogP contribution is -2.29. The van der Waals surface area contributed by atoms with Crippen molar-refractivity contribution in [3.8, 4) is 0 Å². The largest absolute Gasteiger partial charge is 0.507 e. The number of rotatable bonds is 4. The van der Waals surface area contributed by atoms with Crippen LogP contribution in [0.25, 0.3) is 5.76 Å². The Bertz CT molecular complexity index is 1320. The summed E-state index contributed by atoms with van der Waals surface area (Å²) in [4.78, 5) is 28.3. The first-order chi connectivity index (χ1) is 16.5. The molecule has 1 amide bonds. The molecule has 0 radical (unpaired) electrons. The number of aryl methyl sites for hydroxylation is 2. The van der Waals surface area contributed by atoms with E-state index >= 15 is 0 Å². The molecule has 1 heterocycles. The Balaban J connectivity index is 1.87. The Kier molecular flexibility index (Phi) is 6.74. The van der Waals surface area contributed by atoms with Crippen LogP contribution in [0.3, 0.4) is 0 Å². The van der Waals surface area contributed by atoms with Crippen molar-refractivity contribution in [3.63, 3.8) is 0 Å². The smallest absolute Gasteiger partial charge is 0.295 e. The number of likely N-dealkylation sites (tertiary alicyclic amines) is 1. The van der Waals surface area contributed by atoms with Gasteiger partial charge in [0.2, 0.25) is 0 Å². The Morgan fingerprint density at radius 3 is 2.17 bits per heavy atom. The molecule has 1 aliphatic rings. The second kappa shape index (κ2) is 9.46. The normalized spacial score (nSPS) is 17.8. The molecule has 35 heavy (non-hydrogen) atoms. The zero-order valence-electron chi connectivity index (χ0n) is 20.7. The number of Topliss-reactive ketones (excluding diaryl/α,β-unsaturated/α-hetero) is 1. The number of aliphatic hydroxyl groups excluding tert-OH is 1. The molecule has 0 bridgehead atoms. The Morgan fingerprint density at radius 1 is 0.943 bits per heavy atom. The highest BCUT2D eigenvalue weighted by atomic mass is 79.9. The number of aliphatic hydroxyl groups is 1. The van der Waals surface area contributed by atoms with Crippen LogP contribution in [0.2, 0.25) is 0 Å². The molecule has 1 unspecified atom stereocenters. The maximum Gasteiger partial charge on any atom is 0.295 e. The van der Waals surface area contributed by atoms with E-state index in [1.165, 1.54) is 0 Å². The fraction of sp³-hybridized carbons (Fsp3) is 0.267. The number of amides is 1. The number of benzene rings is 3. The van der Waals surface area contributed by atoms with Crippen LogP contribution >= 0.6 is 15.9 Å². The van der Waals surface area contributed by atoms with Gasteiger partial charge in [-0.15, -0.1) is 0 Å². The van der Waals surface area contributed by atoms with E-state index in [9.17, 15) is 14.7 Å². The highest BCUT2D eigenvalue weighted by Crippen LogP contribution is 2.41. The van der Waals surface area contributed by atoms with Crippen LogP contribution < -0.4 is 0 Å². The van der Waals surface area contributed by atoms with Crippen molar-refractivity contribution < 1.29 is 14.7 Å². The summed E-state index contributed by atoms with van der Waals surface area (Å²) in [5, 5.41) is 11.3. The fourth-order valence-corrected chi connectivity index (χ4v) is 4.74. The number of hydrogen-bond donors (Lipinski definition) is 1. The highest BCUT2D eigenvalue weighted by molar-refractivity contribution is 9.10. The molecule has 0 aromatic heterocycles. The maximum absolute atomic E-state index is 13.3. The van der Waals surface area contributed by atoms with E-state index in [4.69, 9.17) is 0 Å². The Labute approximate surface area is 215 Å². The van der Waals surface area contributed by atoms with Crippen molar-refractivity contribution in [2.75, 3.05) is 0 Å². The van der Waals surface area contributed by atoms with Gasteiger partial charge >= 0.3 is 0 Å². The summed E-state index contributed by atoms with van der Waals surface area (Å²) in [6.45, 7) is 10.7. The molecule has 1 saturated heterocycles. The minimum Gasteiger partial charge on any atom is -0.507 e. The molecule has 0 aliphatic carbocycles. The zero-order chi connectivity index (χ0) is 25.5. The van der Waals surface area contributed by atoms with Gasteiger partial charge in [0.1, 0.15) is 5.76 Å². The molecule has 1 atom stereocenters. The molecule has 1 aliphatic heterocycles. The van der Waals surface area contributed by atoms with Crippen molar-refractivity contribution in [2.24, 2.45) is 0 Å². The number of ketones is 1. The molecule has 1 N–H and O–H groups in total. The molecular weight excluding hydrogens is 502 g/mol. The van der Waals surface area contributed by atoms with Gasteiger partial charge < -0.3 is 10.0 Å². The average molecular weight is 532 g/mol. The third kappa shape index (κ3) is 4.96. The topological polar surface area (TPSA) is 57.6 Å². The van der Waals surface area contributed by atoms with Crippen molar-refractivity contribution in [3.05, 3.63) is 110 Å². The summed E-state index contributed by atoms with van der Waals surface area (Å²) >= 11 is 3.40. The van der Waals surface area contributed by atoms with Crippen LogP contribution in [0.5, 0.6) is 0 Å². The van der Waals surface area contributed by atoms with Crippen LogP contribution in [0.1, 0.15) is 60.2 Å². The lowest BCUT2D eigenvalue weighted by Gasteiger charge is -2.27. The zero-order valence-corrected chi connectivity index (χ0v) is 22.3. The van der Waals surface area contributed by atoms with Crippen LogP contribution in [0.4, 0.5) is 0 Å². The molecule has 4 nitrogen and oxygen atoms in total. The van der Waals surface area contributed by atoms with Crippen molar-refractivity contribution >= 4 is 33.4 Å². The summed E-state index contributed by atoms with van der Waals surface area (Å²) < 4.78 is 0.860. The van der Waals surface area contributed by atoms with Crippen LogP contribution in [-0.4, -0.2) is 21.7 Å². The third-order valence-electron chi connectivity index (χ3n) is 6.60. The van der Waals surface area contributed by atoms with Gasteiger partial charge in [-0.05, 0) is 53.6 Å². The van der Waals surface area contributed by atoms with E-state index < -0.39 is 17.7 Å². The quantitative estimate of drug-likeness (QED) is 0.224. The lowest BCUT2D eigenvalue weighted by molar-refractivity contribution is -0.140.